The largest absolute Gasteiger partial charge is 0.378 e. The van der Waals surface area contributed by atoms with Crippen LogP contribution in [0.4, 0.5) is 5.69 Å². The van der Waals surface area contributed by atoms with Crippen LogP contribution in [-0.4, -0.2) is 109 Å². The van der Waals surface area contributed by atoms with Gasteiger partial charge in [0.05, 0.1) is 43.9 Å². The van der Waals surface area contributed by atoms with Gasteiger partial charge in [-0.05, 0) is 12.1 Å². The summed E-state index contributed by atoms with van der Waals surface area (Å²) in [4.78, 5) is 45.1. The summed E-state index contributed by atoms with van der Waals surface area (Å²) in [5.74, 6) is -0.156. The second-order valence-electron chi connectivity index (χ2n) is 8.40. The Hall–Kier alpha value is -2.95. The predicted octanol–water partition coefficient (Wildman–Crippen LogP) is 0.325. The van der Waals surface area contributed by atoms with Gasteiger partial charge in [-0.3, -0.25) is 19.3 Å². The highest BCUT2D eigenvalue weighted by molar-refractivity contribution is 6.33. The van der Waals surface area contributed by atoms with E-state index in [9.17, 15) is 14.4 Å². The van der Waals surface area contributed by atoms with Gasteiger partial charge < -0.3 is 19.4 Å². The minimum Gasteiger partial charge on any atom is -0.378 e. The van der Waals surface area contributed by atoms with Crippen LogP contribution in [0.3, 0.4) is 0 Å². The van der Waals surface area contributed by atoms with Gasteiger partial charge >= 0.3 is 0 Å². The number of anilines is 1. The number of piperazine rings is 1. The van der Waals surface area contributed by atoms with Crippen LogP contribution in [0.1, 0.15) is 0 Å². The molecule has 2 aromatic rings. The molecule has 11 heteroatoms. The van der Waals surface area contributed by atoms with Crippen LogP contribution in [0.15, 0.2) is 41.3 Å². The maximum Gasteiger partial charge on any atom is 0.292 e. The molecule has 2 aliphatic rings. The Labute approximate surface area is 203 Å². The van der Waals surface area contributed by atoms with Crippen molar-refractivity contribution >= 4 is 29.1 Å². The lowest BCUT2D eigenvalue weighted by molar-refractivity contribution is -0.142. The molecule has 2 aliphatic heterocycles. The van der Waals surface area contributed by atoms with Gasteiger partial charge in [-0.2, -0.15) is 9.78 Å². The van der Waals surface area contributed by atoms with E-state index >= 15 is 0 Å². The summed E-state index contributed by atoms with van der Waals surface area (Å²) >= 11 is 6.42. The Morgan fingerprint density at radius 3 is 2.41 bits per heavy atom. The number of morpholine rings is 1. The number of carbonyl (C=O) groups excluding carboxylic acids is 2. The molecule has 1 aromatic carbocycles. The molecule has 0 bridgehead atoms. The third kappa shape index (κ3) is 5.57. The Morgan fingerprint density at radius 2 is 1.74 bits per heavy atom. The standard InChI is InChI=1S/C23H29ClN6O4/c1-26(16-21(32)29-11-13-34-14-12-29)20(31)17-27-7-9-28(10-8-27)19-15-25-30(23(33)22(19)24)18-5-3-2-4-6-18/h2-6,15H,7-14,16-17H2,1H3. The predicted molar refractivity (Wildman–Crippen MR) is 129 cm³/mol. The number of benzene rings is 1. The first-order valence-electron chi connectivity index (χ1n) is 11.3. The molecule has 0 aliphatic carbocycles. The molecule has 4 rings (SSSR count). The summed E-state index contributed by atoms with van der Waals surface area (Å²) in [7, 11) is 1.66. The van der Waals surface area contributed by atoms with Crippen molar-refractivity contribution < 1.29 is 14.3 Å². The molecule has 10 nitrogen and oxygen atoms in total. The van der Waals surface area contributed by atoms with Crippen molar-refractivity contribution in [2.75, 3.05) is 77.5 Å². The van der Waals surface area contributed by atoms with Crippen molar-refractivity contribution in [3.8, 4) is 5.69 Å². The number of para-hydroxylation sites is 1. The zero-order chi connectivity index (χ0) is 24.1. The van der Waals surface area contributed by atoms with Gasteiger partial charge in [-0.25, -0.2) is 0 Å². The molecule has 182 valence electrons. The Balaban J connectivity index is 1.30. The fraction of sp³-hybridized carbons (Fsp3) is 0.478. The molecular weight excluding hydrogens is 460 g/mol. The fourth-order valence-electron chi connectivity index (χ4n) is 4.06. The number of nitrogens with zero attached hydrogens (tertiary/aromatic N) is 6. The fourth-order valence-corrected chi connectivity index (χ4v) is 4.31. The van der Waals surface area contributed by atoms with Gasteiger partial charge in [0.1, 0.15) is 5.02 Å². The first kappa shape index (κ1) is 24.2. The quantitative estimate of drug-likeness (QED) is 0.578. The molecule has 2 saturated heterocycles. The average Bonchev–Trinajstić information content (AvgIpc) is 2.87. The summed E-state index contributed by atoms with van der Waals surface area (Å²) in [5.41, 5.74) is 0.882. The van der Waals surface area contributed by atoms with Crippen LogP contribution >= 0.6 is 11.6 Å². The molecule has 3 heterocycles. The Kier molecular flexibility index (Phi) is 7.81. The second kappa shape index (κ2) is 11.0. The molecule has 0 N–H and O–H groups in total. The number of rotatable bonds is 6. The van der Waals surface area contributed by atoms with E-state index < -0.39 is 0 Å². The number of carbonyl (C=O) groups is 2. The van der Waals surface area contributed by atoms with Crippen LogP contribution in [0.2, 0.25) is 5.02 Å². The van der Waals surface area contributed by atoms with Crippen molar-refractivity contribution in [3.05, 3.63) is 51.9 Å². The number of hydrogen-bond acceptors (Lipinski definition) is 7. The summed E-state index contributed by atoms with van der Waals surface area (Å²) in [6.07, 6.45) is 1.61. The highest BCUT2D eigenvalue weighted by Crippen LogP contribution is 2.23. The third-order valence-electron chi connectivity index (χ3n) is 6.14. The monoisotopic (exact) mass is 488 g/mol. The number of amides is 2. The number of ether oxygens (including phenoxy) is 1. The van der Waals surface area contributed by atoms with Crippen molar-refractivity contribution in [1.82, 2.24) is 24.5 Å². The van der Waals surface area contributed by atoms with Crippen molar-refractivity contribution in [2.24, 2.45) is 0 Å². The van der Waals surface area contributed by atoms with E-state index in [0.29, 0.717) is 63.9 Å². The van der Waals surface area contributed by atoms with Crippen molar-refractivity contribution in [1.29, 1.82) is 0 Å². The zero-order valence-electron chi connectivity index (χ0n) is 19.2. The molecule has 2 fully saturated rings. The van der Waals surface area contributed by atoms with Crippen molar-refractivity contribution in [2.45, 2.75) is 0 Å². The van der Waals surface area contributed by atoms with Gasteiger partial charge in [0.25, 0.3) is 5.56 Å². The number of likely N-dealkylation sites (N-methyl/N-ethyl adjacent to an activating group) is 1. The number of aromatic nitrogens is 2. The van der Waals surface area contributed by atoms with Crippen LogP contribution < -0.4 is 10.5 Å². The highest BCUT2D eigenvalue weighted by Gasteiger charge is 2.25. The highest BCUT2D eigenvalue weighted by atomic mass is 35.5. The van der Waals surface area contributed by atoms with Crippen LogP contribution in [0, 0.1) is 0 Å². The maximum absolute atomic E-state index is 12.8. The van der Waals surface area contributed by atoms with E-state index in [1.165, 1.54) is 9.58 Å². The smallest absolute Gasteiger partial charge is 0.292 e. The topological polar surface area (TPSA) is 91.2 Å². The summed E-state index contributed by atoms with van der Waals surface area (Å²) in [6.45, 7) is 5.00. The molecule has 0 unspecified atom stereocenters. The van der Waals surface area contributed by atoms with Gasteiger partial charge in [-0.1, -0.05) is 29.8 Å². The first-order chi connectivity index (χ1) is 16.4. The molecule has 0 saturated carbocycles. The zero-order valence-corrected chi connectivity index (χ0v) is 20.0. The van der Waals surface area contributed by atoms with Crippen molar-refractivity contribution in [3.63, 3.8) is 0 Å². The van der Waals surface area contributed by atoms with Gasteiger partial charge in [0, 0.05) is 46.3 Å². The van der Waals surface area contributed by atoms with Crippen LogP contribution in [0.5, 0.6) is 0 Å². The lowest BCUT2D eigenvalue weighted by Crippen LogP contribution is -2.51. The number of hydrogen-bond donors (Lipinski definition) is 0. The summed E-state index contributed by atoms with van der Waals surface area (Å²) in [6, 6.07) is 9.13. The number of halogens is 1. The average molecular weight is 489 g/mol. The van der Waals surface area contributed by atoms with E-state index in [-0.39, 0.29) is 35.5 Å². The first-order valence-corrected chi connectivity index (χ1v) is 11.7. The summed E-state index contributed by atoms with van der Waals surface area (Å²) < 4.78 is 6.55. The minimum absolute atomic E-state index is 0.0589. The van der Waals surface area contributed by atoms with Crippen LogP contribution in [-0.2, 0) is 14.3 Å². The minimum atomic E-state index is -0.366. The van der Waals surface area contributed by atoms with Gasteiger partial charge in [0.15, 0.2) is 0 Å². The molecule has 0 radical (unpaired) electrons. The summed E-state index contributed by atoms with van der Waals surface area (Å²) in [5, 5.41) is 4.43. The SMILES string of the molecule is CN(CC(=O)N1CCOCC1)C(=O)CN1CCN(c2cnn(-c3ccccc3)c(=O)c2Cl)CC1. The van der Waals surface area contributed by atoms with E-state index in [2.05, 4.69) is 5.10 Å². The van der Waals surface area contributed by atoms with Crippen LogP contribution in [0.25, 0.3) is 5.69 Å². The maximum atomic E-state index is 12.8. The Morgan fingerprint density at radius 1 is 1.06 bits per heavy atom. The second-order valence-corrected chi connectivity index (χ2v) is 8.78. The molecule has 1 aromatic heterocycles. The van der Waals surface area contributed by atoms with E-state index in [4.69, 9.17) is 16.3 Å². The molecular formula is C23H29ClN6O4. The molecule has 0 spiro atoms. The van der Waals surface area contributed by atoms with E-state index in [0.717, 1.165) is 0 Å². The van der Waals surface area contributed by atoms with E-state index in [1.54, 1.807) is 30.3 Å². The third-order valence-corrected chi connectivity index (χ3v) is 6.49. The molecule has 2 amide bonds. The van der Waals surface area contributed by atoms with Gasteiger partial charge in [0.2, 0.25) is 11.8 Å². The van der Waals surface area contributed by atoms with E-state index in [1.807, 2.05) is 28.0 Å². The normalized spacial score (nSPS) is 17.0. The van der Waals surface area contributed by atoms with Gasteiger partial charge in [-0.15, -0.1) is 0 Å². The Bertz CT molecular complexity index is 1060. The lowest BCUT2D eigenvalue weighted by atomic mass is 10.2. The molecule has 34 heavy (non-hydrogen) atoms. The molecule has 0 atom stereocenters. The lowest BCUT2D eigenvalue weighted by Gasteiger charge is -2.36.